The molecule has 0 radical (unpaired) electrons. The van der Waals surface area contributed by atoms with Gasteiger partial charge in [-0.3, -0.25) is 4.79 Å². The van der Waals surface area contributed by atoms with Crippen molar-refractivity contribution in [3.63, 3.8) is 0 Å². The fraction of sp³-hybridized carbons (Fsp3) is 0.188. The van der Waals surface area contributed by atoms with Crippen LogP contribution < -0.4 is 10.6 Å². The van der Waals surface area contributed by atoms with E-state index in [4.69, 9.17) is 23.2 Å². The van der Waals surface area contributed by atoms with Crippen LogP contribution in [0.1, 0.15) is 11.1 Å². The molecule has 5 heteroatoms. The Morgan fingerprint density at radius 1 is 1.14 bits per heavy atom. The zero-order valence-corrected chi connectivity index (χ0v) is 13.1. The van der Waals surface area contributed by atoms with Crippen LogP contribution in [-0.2, 0) is 11.3 Å². The Kier molecular flexibility index (Phi) is 5.48. The normalized spacial score (nSPS) is 10.2. The second kappa shape index (κ2) is 7.34. The molecule has 0 spiro atoms. The van der Waals surface area contributed by atoms with Gasteiger partial charge in [-0.1, -0.05) is 53.0 Å². The summed E-state index contributed by atoms with van der Waals surface area (Å²) in [6.07, 6.45) is 0. The average molecular weight is 323 g/mol. The first-order chi connectivity index (χ1) is 10.0. The molecule has 21 heavy (non-hydrogen) atoms. The molecule has 110 valence electrons. The minimum absolute atomic E-state index is 0.0949. The molecule has 3 nitrogen and oxygen atoms in total. The van der Waals surface area contributed by atoms with Crippen molar-refractivity contribution in [1.29, 1.82) is 0 Å². The van der Waals surface area contributed by atoms with Gasteiger partial charge in [-0.15, -0.1) is 0 Å². The minimum Gasteiger partial charge on any atom is -0.375 e. The molecule has 0 saturated carbocycles. The molecule has 2 rings (SSSR count). The summed E-state index contributed by atoms with van der Waals surface area (Å²) >= 11 is 11.8. The molecule has 1 amide bonds. The monoisotopic (exact) mass is 322 g/mol. The molecule has 0 heterocycles. The third kappa shape index (κ3) is 4.96. The van der Waals surface area contributed by atoms with Crippen LogP contribution in [0.5, 0.6) is 0 Å². The van der Waals surface area contributed by atoms with E-state index in [1.54, 1.807) is 18.2 Å². The molecule has 0 aliphatic rings. The molecule has 0 saturated heterocycles. The third-order valence-corrected chi connectivity index (χ3v) is 3.49. The summed E-state index contributed by atoms with van der Waals surface area (Å²) in [4.78, 5) is 11.8. The SMILES string of the molecule is Cc1cccc(CNC(=O)CNc2ccc(Cl)cc2Cl)c1. The van der Waals surface area contributed by atoms with Gasteiger partial charge in [0.2, 0.25) is 5.91 Å². The van der Waals surface area contributed by atoms with Gasteiger partial charge in [0.1, 0.15) is 0 Å². The zero-order chi connectivity index (χ0) is 15.2. The molecular formula is C16H16Cl2N2O. The van der Waals surface area contributed by atoms with Gasteiger partial charge < -0.3 is 10.6 Å². The number of hydrogen-bond acceptors (Lipinski definition) is 2. The summed E-state index contributed by atoms with van der Waals surface area (Å²) in [7, 11) is 0. The van der Waals surface area contributed by atoms with Crippen molar-refractivity contribution in [2.75, 3.05) is 11.9 Å². The number of benzene rings is 2. The fourth-order valence-electron chi connectivity index (χ4n) is 1.89. The van der Waals surface area contributed by atoms with Crippen molar-refractivity contribution in [1.82, 2.24) is 5.32 Å². The van der Waals surface area contributed by atoms with Crippen LogP contribution in [0.4, 0.5) is 5.69 Å². The van der Waals surface area contributed by atoms with Crippen molar-refractivity contribution in [3.05, 3.63) is 63.6 Å². The number of nitrogens with one attached hydrogen (secondary N) is 2. The lowest BCUT2D eigenvalue weighted by atomic mass is 10.1. The van der Waals surface area contributed by atoms with E-state index < -0.39 is 0 Å². The van der Waals surface area contributed by atoms with E-state index in [1.165, 1.54) is 5.56 Å². The summed E-state index contributed by atoms with van der Waals surface area (Å²) in [5.74, 6) is -0.0949. The predicted octanol–water partition coefficient (Wildman–Crippen LogP) is 4.03. The van der Waals surface area contributed by atoms with Crippen molar-refractivity contribution in [3.8, 4) is 0 Å². The second-order valence-corrected chi connectivity index (χ2v) is 5.59. The average Bonchev–Trinajstić information content (AvgIpc) is 2.44. The van der Waals surface area contributed by atoms with Crippen LogP contribution in [-0.4, -0.2) is 12.5 Å². The van der Waals surface area contributed by atoms with E-state index in [1.807, 2.05) is 31.2 Å². The number of amides is 1. The number of halogens is 2. The molecule has 2 aromatic rings. The second-order valence-electron chi connectivity index (χ2n) is 4.74. The quantitative estimate of drug-likeness (QED) is 0.872. The fourth-order valence-corrected chi connectivity index (χ4v) is 2.37. The first-order valence-electron chi connectivity index (χ1n) is 6.56. The van der Waals surface area contributed by atoms with Gasteiger partial charge in [-0.2, -0.15) is 0 Å². The van der Waals surface area contributed by atoms with E-state index in [2.05, 4.69) is 10.6 Å². The Labute approximate surface area is 134 Å². The Morgan fingerprint density at radius 2 is 1.95 bits per heavy atom. The Hall–Kier alpha value is -1.71. The van der Waals surface area contributed by atoms with Crippen molar-refractivity contribution >= 4 is 34.8 Å². The molecule has 0 unspecified atom stereocenters. The lowest BCUT2D eigenvalue weighted by Gasteiger charge is -2.09. The number of rotatable bonds is 5. The van der Waals surface area contributed by atoms with Gasteiger partial charge >= 0.3 is 0 Å². The van der Waals surface area contributed by atoms with Gasteiger partial charge in [0.25, 0.3) is 0 Å². The van der Waals surface area contributed by atoms with Gasteiger partial charge in [0, 0.05) is 11.6 Å². The molecule has 0 atom stereocenters. The number of anilines is 1. The smallest absolute Gasteiger partial charge is 0.239 e. The number of hydrogen-bond donors (Lipinski definition) is 2. The highest BCUT2D eigenvalue weighted by Gasteiger charge is 2.04. The lowest BCUT2D eigenvalue weighted by Crippen LogP contribution is -2.29. The summed E-state index contributed by atoms with van der Waals surface area (Å²) in [5.41, 5.74) is 2.94. The molecule has 2 N–H and O–H groups in total. The highest BCUT2D eigenvalue weighted by molar-refractivity contribution is 6.36. The van der Waals surface area contributed by atoms with E-state index in [0.29, 0.717) is 22.3 Å². The molecular weight excluding hydrogens is 307 g/mol. The minimum atomic E-state index is -0.0949. The Balaban J connectivity index is 1.82. The lowest BCUT2D eigenvalue weighted by molar-refractivity contribution is -0.119. The van der Waals surface area contributed by atoms with Crippen molar-refractivity contribution in [2.45, 2.75) is 13.5 Å². The van der Waals surface area contributed by atoms with Crippen LogP contribution in [0.15, 0.2) is 42.5 Å². The van der Waals surface area contributed by atoms with E-state index in [-0.39, 0.29) is 12.5 Å². The molecule has 0 aliphatic carbocycles. The summed E-state index contributed by atoms with van der Waals surface area (Å²) < 4.78 is 0. The summed E-state index contributed by atoms with van der Waals surface area (Å²) in [6.45, 7) is 2.69. The molecule has 0 aromatic heterocycles. The van der Waals surface area contributed by atoms with Crippen LogP contribution in [0.25, 0.3) is 0 Å². The predicted molar refractivity (Wildman–Crippen MR) is 88.0 cm³/mol. The maximum Gasteiger partial charge on any atom is 0.239 e. The highest BCUT2D eigenvalue weighted by Crippen LogP contribution is 2.24. The standard InChI is InChI=1S/C16H16Cl2N2O/c1-11-3-2-4-12(7-11)9-20-16(21)10-19-15-6-5-13(17)8-14(15)18/h2-8,19H,9-10H2,1H3,(H,20,21). The van der Waals surface area contributed by atoms with E-state index in [9.17, 15) is 4.79 Å². The Bertz CT molecular complexity index is 644. The van der Waals surface area contributed by atoms with Crippen LogP contribution >= 0.6 is 23.2 Å². The van der Waals surface area contributed by atoms with Gasteiger partial charge in [-0.05, 0) is 30.7 Å². The highest BCUT2D eigenvalue weighted by atomic mass is 35.5. The zero-order valence-electron chi connectivity index (χ0n) is 11.6. The van der Waals surface area contributed by atoms with E-state index in [0.717, 1.165) is 5.56 Å². The Morgan fingerprint density at radius 3 is 2.67 bits per heavy atom. The van der Waals surface area contributed by atoms with Crippen LogP contribution in [0, 0.1) is 6.92 Å². The first kappa shape index (κ1) is 15.7. The molecule has 0 aliphatic heterocycles. The first-order valence-corrected chi connectivity index (χ1v) is 7.31. The maximum atomic E-state index is 11.8. The van der Waals surface area contributed by atoms with E-state index >= 15 is 0 Å². The number of carbonyl (C=O) groups excluding carboxylic acids is 1. The summed E-state index contributed by atoms with van der Waals surface area (Å²) in [5, 5.41) is 6.90. The summed E-state index contributed by atoms with van der Waals surface area (Å²) in [6, 6.07) is 13.1. The molecule has 0 fully saturated rings. The van der Waals surface area contributed by atoms with Gasteiger partial charge in [0.05, 0.1) is 17.3 Å². The van der Waals surface area contributed by atoms with Crippen LogP contribution in [0.2, 0.25) is 10.0 Å². The third-order valence-electron chi connectivity index (χ3n) is 2.94. The topological polar surface area (TPSA) is 41.1 Å². The van der Waals surface area contributed by atoms with Crippen LogP contribution in [0.3, 0.4) is 0 Å². The van der Waals surface area contributed by atoms with Gasteiger partial charge in [0.15, 0.2) is 0 Å². The number of aryl methyl sites for hydroxylation is 1. The largest absolute Gasteiger partial charge is 0.375 e. The van der Waals surface area contributed by atoms with Crippen molar-refractivity contribution < 1.29 is 4.79 Å². The maximum absolute atomic E-state index is 11.8. The molecule has 2 aromatic carbocycles. The van der Waals surface area contributed by atoms with Crippen molar-refractivity contribution in [2.24, 2.45) is 0 Å². The van der Waals surface area contributed by atoms with Gasteiger partial charge in [-0.25, -0.2) is 0 Å². The molecule has 0 bridgehead atoms. The number of carbonyl (C=O) groups is 1.